The average Bonchev–Trinajstić information content (AvgIpc) is 2.28. The first kappa shape index (κ1) is 12.5. The fraction of sp³-hybridized carbons (Fsp3) is 0.417. The van der Waals surface area contributed by atoms with Crippen LogP contribution in [0.3, 0.4) is 0 Å². The Balaban J connectivity index is 2.70. The highest BCUT2D eigenvalue weighted by Gasteiger charge is 2.08. The third kappa shape index (κ3) is 3.24. The zero-order valence-electron chi connectivity index (χ0n) is 9.90. The minimum absolute atomic E-state index is 0.0540. The predicted molar refractivity (Wildman–Crippen MR) is 64.8 cm³/mol. The van der Waals surface area contributed by atoms with Crippen LogP contribution < -0.4 is 10.2 Å². The molecule has 88 valence electrons. The third-order valence-corrected chi connectivity index (χ3v) is 2.30. The first-order valence-electron chi connectivity index (χ1n) is 5.23. The molecule has 1 amide bonds. The van der Waals surface area contributed by atoms with Gasteiger partial charge in [0.15, 0.2) is 0 Å². The van der Waals surface area contributed by atoms with E-state index in [0.717, 1.165) is 5.69 Å². The van der Waals surface area contributed by atoms with E-state index in [4.69, 9.17) is 5.11 Å². The molecule has 0 aliphatic heterocycles. The van der Waals surface area contributed by atoms with Crippen LogP contribution in [0.4, 0.5) is 5.69 Å². The second kappa shape index (κ2) is 5.51. The summed E-state index contributed by atoms with van der Waals surface area (Å²) in [6, 6.07) is 7.10. The lowest BCUT2D eigenvalue weighted by molar-refractivity contribution is 0.0922. The van der Waals surface area contributed by atoms with Crippen molar-refractivity contribution in [2.45, 2.75) is 13.0 Å². The van der Waals surface area contributed by atoms with Gasteiger partial charge >= 0.3 is 0 Å². The molecule has 0 aromatic heterocycles. The largest absolute Gasteiger partial charge is 0.394 e. The Morgan fingerprint density at radius 1 is 1.38 bits per heavy atom. The maximum atomic E-state index is 11.7. The zero-order valence-corrected chi connectivity index (χ0v) is 9.90. The molecule has 1 aromatic carbocycles. The molecule has 4 heteroatoms. The van der Waals surface area contributed by atoms with E-state index in [1.54, 1.807) is 19.1 Å². The van der Waals surface area contributed by atoms with E-state index in [1.165, 1.54) is 0 Å². The topological polar surface area (TPSA) is 52.6 Å². The van der Waals surface area contributed by atoms with E-state index >= 15 is 0 Å². The summed E-state index contributed by atoms with van der Waals surface area (Å²) < 4.78 is 0. The maximum Gasteiger partial charge on any atom is 0.251 e. The molecule has 0 saturated carbocycles. The minimum Gasteiger partial charge on any atom is -0.394 e. The Hall–Kier alpha value is -1.55. The number of hydrogen-bond acceptors (Lipinski definition) is 3. The number of aliphatic hydroxyl groups excluding tert-OH is 1. The number of nitrogens with zero attached hydrogens (tertiary/aromatic N) is 1. The van der Waals surface area contributed by atoms with E-state index in [2.05, 4.69) is 5.32 Å². The number of rotatable bonds is 4. The first-order valence-corrected chi connectivity index (χ1v) is 5.23. The molecule has 0 radical (unpaired) electrons. The van der Waals surface area contributed by atoms with Crippen LogP contribution in [-0.4, -0.2) is 37.8 Å². The smallest absolute Gasteiger partial charge is 0.251 e. The quantitative estimate of drug-likeness (QED) is 0.794. The van der Waals surface area contributed by atoms with Crippen molar-refractivity contribution in [1.29, 1.82) is 0 Å². The molecule has 1 rings (SSSR count). The van der Waals surface area contributed by atoms with Gasteiger partial charge in [-0.25, -0.2) is 0 Å². The molecule has 1 atom stereocenters. The SMILES string of the molecule is C[C@H](CO)NC(=O)c1ccc(N(C)C)cc1. The molecule has 1 aromatic rings. The molecule has 0 unspecified atom stereocenters. The summed E-state index contributed by atoms with van der Waals surface area (Å²) >= 11 is 0. The Morgan fingerprint density at radius 3 is 2.38 bits per heavy atom. The van der Waals surface area contributed by atoms with E-state index < -0.39 is 0 Å². The zero-order chi connectivity index (χ0) is 12.1. The van der Waals surface area contributed by atoms with E-state index in [1.807, 2.05) is 31.1 Å². The van der Waals surface area contributed by atoms with Gasteiger partial charge in [-0.1, -0.05) is 0 Å². The molecule has 0 aliphatic carbocycles. The molecular weight excluding hydrogens is 204 g/mol. The van der Waals surface area contributed by atoms with Crippen molar-refractivity contribution >= 4 is 11.6 Å². The number of carbonyl (C=O) groups is 1. The summed E-state index contributed by atoms with van der Waals surface area (Å²) in [5.41, 5.74) is 1.65. The molecule has 0 fully saturated rings. The lowest BCUT2D eigenvalue weighted by Crippen LogP contribution is -2.34. The van der Waals surface area contributed by atoms with E-state index in [-0.39, 0.29) is 18.6 Å². The van der Waals surface area contributed by atoms with Crippen molar-refractivity contribution < 1.29 is 9.90 Å². The van der Waals surface area contributed by atoms with Gasteiger partial charge in [0.05, 0.1) is 6.61 Å². The van der Waals surface area contributed by atoms with Gasteiger partial charge in [-0.05, 0) is 31.2 Å². The molecule has 0 spiro atoms. The van der Waals surface area contributed by atoms with Crippen molar-refractivity contribution in [2.75, 3.05) is 25.6 Å². The normalized spacial score (nSPS) is 12.0. The Bertz CT molecular complexity index is 347. The lowest BCUT2D eigenvalue weighted by atomic mass is 10.2. The highest BCUT2D eigenvalue weighted by Crippen LogP contribution is 2.12. The van der Waals surface area contributed by atoms with Gasteiger partial charge in [0.25, 0.3) is 5.91 Å². The highest BCUT2D eigenvalue weighted by molar-refractivity contribution is 5.94. The molecule has 0 heterocycles. The minimum atomic E-state index is -0.221. The molecule has 4 nitrogen and oxygen atoms in total. The summed E-state index contributed by atoms with van der Waals surface area (Å²) in [4.78, 5) is 13.6. The Kier molecular flexibility index (Phi) is 4.31. The van der Waals surface area contributed by atoms with Crippen LogP contribution in [0.5, 0.6) is 0 Å². The molecule has 16 heavy (non-hydrogen) atoms. The summed E-state index contributed by atoms with van der Waals surface area (Å²) in [6.07, 6.45) is 0. The van der Waals surface area contributed by atoms with Crippen LogP contribution in [0.1, 0.15) is 17.3 Å². The summed E-state index contributed by atoms with van der Waals surface area (Å²) in [5.74, 6) is -0.160. The Labute approximate surface area is 95.9 Å². The summed E-state index contributed by atoms with van der Waals surface area (Å²) in [5, 5.41) is 11.5. The van der Waals surface area contributed by atoms with Gasteiger partial charge in [0.1, 0.15) is 0 Å². The second-order valence-corrected chi connectivity index (χ2v) is 4.00. The average molecular weight is 222 g/mol. The monoisotopic (exact) mass is 222 g/mol. The van der Waals surface area contributed by atoms with E-state index in [0.29, 0.717) is 5.56 Å². The van der Waals surface area contributed by atoms with Gasteiger partial charge in [-0.15, -0.1) is 0 Å². The number of carbonyl (C=O) groups excluding carboxylic acids is 1. The number of anilines is 1. The van der Waals surface area contributed by atoms with Crippen LogP contribution in [0.2, 0.25) is 0 Å². The van der Waals surface area contributed by atoms with Crippen molar-refractivity contribution in [1.82, 2.24) is 5.32 Å². The van der Waals surface area contributed by atoms with Gasteiger partial charge in [-0.2, -0.15) is 0 Å². The maximum absolute atomic E-state index is 11.7. The summed E-state index contributed by atoms with van der Waals surface area (Å²) in [6.45, 7) is 1.70. The van der Waals surface area contributed by atoms with Gasteiger partial charge in [0.2, 0.25) is 0 Å². The first-order chi connectivity index (χ1) is 7.54. The molecular formula is C12H18N2O2. The fourth-order valence-electron chi connectivity index (χ4n) is 1.26. The van der Waals surface area contributed by atoms with Crippen LogP contribution in [0.15, 0.2) is 24.3 Å². The molecule has 0 aliphatic rings. The van der Waals surface area contributed by atoms with Crippen molar-refractivity contribution in [3.05, 3.63) is 29.8 Å². The fourth-order valence-corrected chi connectivity index (χ4v) is 1.26. The molecule has 2 N–H and O–H groups in total. The number of aliphatic hydroxyl groups is 1. The van der Waals surface area contributed by atoms with Crippen LogP contribution in [0.25, 0.3) is 0 Å². The van der Waals surface area contributed by atoms with E-state index in [9.17, 15) is 4.79 Å². The van der Waals surface area contributed by atoms with Gasteiger partial charge in [0, 0.05) is 31.4 Å². The predicted octanol–water partition coefficient (Wildman–Crippen LogP) is 0.863. The number of hydrogen-bond donors (Lipinski definition) is 2. The van der Waals surface area contributed by atoms with Crippen LogP contribution >= 0.6 is 0 Å². The Morgan fingerprint density at radius 2 is 1.94 bits per heavy atom. The summed E-state index contributed by atoms with van der Waals surface area (Å²) in [7, 11) is 3.89. The van der Waals surface area contributed by atoms with Crippen LogP contribution in [-0.2, 0) is 0 Å². The molecule has 0 saturated heterocycles. The number of benzene rings is 1. The van der Waals surface area contributed by atoms with Gasteiger partial charge in [-0.3, -0.25) is 4.79 Å². The second-order valence-electron chi connectivity index (χ2n) is 4.00. The highest BCUT2D eigenvalue weighted by atomic mass is 16.3. The number of nitrogens with one attached hydrogen (secondary N) is 1. The van der Waals surface area contributed by atoms with Crippen molar-refractivity contribution in [3.63, 3.8) is 0 Å². The van der Waals surface area contributed by atoms with Crippen LogP contribution in [0, 0.1) is 0 Å². The lowest BCUT2D eigenvalue weighted by Gasteiger charge is -2.14. The third-order valence-electron chi connectivity index (χ3n) is 2.30. The van der Waals surface area contributed by atoms with Gasteiger partial charge < -0.3 is 15.3 Å². The van der Waals surface area contributed by atoms with Crippen molar-refractivity contribution in [3.8, 4) is 0 Å². The standard InChI is InChI=1S/C12H18N2O2/c1-9(8-15)13-12(16)10-4-6-11(7-5-10)14(2)3/h4-7,9,15H,8H2,1-3H3,(H,13,16)/t9-/m1/s1. The van der Waals surface area contributed by atoms with Crippen molar-refractivity contribution in [2.24, 2.45) is 0 Å². The molecule has 0 bridgehead atoms. The number of amides is 1.